The van der Waals surface area contributed by atoms with E-state index in [4.69, 9.17) is 19.4 Å². The average Bonchev–Trinajstić information content (AvgIpc) is 4.26. The van der Waals surface area contributed by atoms with Gasteiger partial charge >= 0.3 is 24.5 Å². The number of ether oxygens (including phenoxy) is 2. The second-order valence-corrected chi connectivity index (χ2v) is 19.3. The minimum atomic E-state index is -6.08. The lowest BCUT2D eigenvalue weighted by molar-refractivity contribution is -0.376. The van der Waals surface area contributed by atoms with E-state index in [0.717, 1.165) is 25.0 Å². The summed E-state index contributed by atoms with van der Waals surface area (Å²) in [5, 5.41) is 15.5. The second kappa shape index (κ2) is 21.3. The van der Waals surface area contributed by atoms with Crippen LogP contribution in [0.5, 0.6) is 0 Å². The molecule has 2 saturated heterocycles. The smallest absolute Gasteiger partial charge is 0.430 e. The molecule has 75 heavy (non-hydrogen) atoms. The van der Waals surface area contributed by atoms with Gasteiger partial charge in [-0.1, -0.05) is 88.4 Å². The van der Waals surface area contributed by atoms with Gasteiger partial charge in [0.1, 0.15) is 23.7 Å². The summed E-state index contributed by atoms with van der Waals surface area (Å²) < 4.78 is 94.9. The number of hydrogen-bond acceptors (Lipinski definition) is 9. The molecule has 3 aromatic carbocycles. The molecule has 0 bridgehead atoms. The highest BCUT2D eigenvalue weighted by atomic mass is 19.4. The normalized spacial score (nSPS) is 17.1. The Morgan fingerprint density at radius 3 is 1.32 bits per heavy atom. The zero-order chi connectivity index (χ0) is 54.1. The van der Waals surface area contributed by atoms with Gasteiger partial charge < -0.3 is 49.5 Å². The minimum absolute atomic E-state index is 0.191. The molecule has 5 N–H and O–H groups in total. The van der Waals surface area contributed by atoms with Gasteiger partial charge in [0.05, 0.1) is 49.1 Å². The summed E-state index contributed by atoms with van der Waals surface area (Å²) >= 11 is 0. The maximum Gasteiger partial charge on any atom is 0.430 e. The number of likely N-dealkylation sites (tertiary alicyclic amines) is 2. The van der Waals surface area contributed by atoms with Gasteiger partial charge in [-0.3, -0.25) is 9.59 Å². The molecule has 2 fully saturated rings. The number of aromatic amines is 2. The van der Waals surface area contributed by atoms with E-state index >= 15 is 0 Å². The zero-order valence-corrected chi connectivity index (χ0v) is 41.8. The van der Waals surface area contributed by atoms with Crippen molar-refractivity contribution in [3.05, 3.63) is 115 Å². The Kier molecular flexibility index (Phi) is 15.3. The van der Waals surface area contributed by atoms with Crippen LogP contribution in [0.2, 0.25) is 0 Å². The van der Waals surface area contributed by atoms with Crippen molar-refractivity contribution in [2.75, 3.05) is 27.3 Å². The van der Waals surface area contributed by atoms with Gasteiger partial charge in [0.15, 0.2) is 0 Å². The molecule has 22 heteroatoms. The Balaban J connectivity index is 1.09. The van der Waals surface area contributed by atoms with Crippen LogP contribution in [-0.4, -0.2) is 115 Å². The maximum atomic E-state index is 14.0. The van der Waals surface area contributed by atoms with Crippen LogP contribution in [0.3, 0.4) is 0 Å². The van der Waals surface area contributed by atoms with Crippen molar-refractivity contribution in [2.24, 2.45) is 11.8 Å². The fraction of sp³-hybridized carbons (Fsp3) is 0.396. The Morgan fingerprint density at radius 2 is 0.973 bits per heavy atom. The number of alkyl carbamates (subject to hydrolysis) is 2. The van der Waals surface area contributed by atoms with Crippen molar-refractivity contribution in [3.8, 4) is 50.7 Å². The molecule has 0 radical (unpaired) electrons. The van der Waals surface area contributed by atoms with Crippen LogP contribution in [0.1, 0.15) is 82.7 Å². The highest BCUT2D eigenvalue weighted by Gasteiger charge is 2.71. The van der Waals surface area contributed by atoms with Gasteiger partial charge in [0.25, 0.3) is 5.60 Å². The first-order chi connectivity index (χ1) is 35.6. The van der Waals surface area contributed by atoms with Gasteiger partial charge in [0, 0.05) is 47.9 Å². The SMILES string of the molecule is COC(=O)N[C@H](C(=O)N1CCC[C@H]1c1nc(-c2ccc(-c3ccc(-c4ccc(-c5c[nH]c([C@@H]6CCCN6C(=O)[C@@H](NC(=O)OC)C(C)C)n5)cc4)n3-c3ccc(C(O)(C(F)(F)F)C(F)(F)F)cc3)cc2)c[nH]1)C(C)C. The number of rotatable bonds is 14. The standard InChI is InChI=1S/C53H57F6N9O7/c1-29(2)43(64-49(71)74-5)47(69)66-25-7-9-41(66)45-60-27-37(62-45)31-11-15-33(16-12-31)39-23-24-40(68(39)36-21-19-35(20-22-36)51(73,52(54,55)56)53(57,58)59)34-17-13-32(14-18-34)38-28-61-46(63-38)42-10-8-26-67(42)48(70)44(30(3)4)65-50(72)75-6/h11-24,27-30,41-44,73H,7-10,25-26H2,1-6H3,(H,60,62)(H,61,63)(H,64,71)(H,65,72)/t41-,42-,43-,44-/m0/s1. The number of H-pyrrole nitrogens is 2. The van der Waals surface area contributed by atoms with Crippen LogP contribution in [0, 0.1) is 11.8 Å². The molecule has 0 saturated carbocycles. The predicted octanol–water partition coefficient (Wildman–Crippen LogP) is 9.99. The zero-order valence-electron chi connectivity index (χ0n) is 41.8. The number of alkyl halides is 6. The van der Waals surface area contributed by atoms with E-state index in [0.29, 0.717) is 94.7 Å². The number of hydrogen-bond donors (Lipinski definition) is 5. The quantitative estimate of drug-likeness (QED) is 0.0659. The van der Waals surface area contributed by atoms with E-state index in [1.807, 2.05) is 52.0 Å². The van der Waals surface area contributed by atoms with Crippen molar-refractivity contribution in [1.29, 1.82) is 0 Å². The molecule has 3 aromatic heterocycles. The molecular weight excluding hydrogens is 989 g/mol. The Morgan fingerprint density at radius 1 is 0.600 bits per heavy atom. The second-order valence-electron chi connectivity index (χ2n) is 19.3. The molecular formula is C53H57F6N9O7. The largest absolute Gasteiger partial charge is 0.453 e. The molecule has 0 unspecified atom stereocenters. The Bertz CT molecular complexity index is 2830. The number of aromatic nitrogens is 5. The summed E-state index contributed by atoms with van der Waals surface area (Å²) in [7, 11) is 2.46. The van der Waals surface area contributed by atoms with Gasteiger partial charge in [0.2, 0.25) is 11.8 Å². The topological polar surface area (TPSA) is 200 Å². The first-order valence-electron chi connectivity index (χ1n) is 24.4. The van der Waals surface area contributed by atoms with Crippen LogP contribution in [0.4, 0.5) is 35.9 Å². The molecule has 4 atom stereocenters. The highest BCUT2D eigenvalue weighted by molar-refractivity contribution is 5.87. The number of methoxy groups -OCH3 is 2. The van der Waals surface area contributed by atoms with Crippen LogP contribution in [0.25, 0.3) is 50.7 Å². The van der Waals surface area contributed by atoms with Crippen LogP contribution in [0.15, 0.2) is 97.3 Å². The number of amides is 4. The molecule has 6 aromatic rings. The summed E-state index contributed by atoms with van der Waals surface area (Å²) in [6, 6.07) is 19.0. The number of nitrogens with zero attached hydrogens (tertiary/aromatic N) is 5. The molecule has 8 rings (SSSR count). The third-order valence-corrected chi connectivity index (χ3v) is 13.9. The van der Waals surface area contributed by atoms with Crippen molar-refractivity contribution >= 4 is 24.0 Å². The van der Waals surface area contributed by atoms with E-state index in [2.05, 4.69) is 20.6 Å². The lowest BCUT2D eigenvalue weighted by Gasteiger charge is -2.32. The Labute approximate surface area is 427 Å². The highest BCUT2D eigenvalue weighted by Crippen LogP contribution is 2.50. The summed E-state index contributed by atoms with van der Waals surface area (Å²) in [5.41, 5.74) is -1.51. The minimum Gasteiger partial charge on any atom is -0.453 e. The van der Waals surface area contributed by atoms with Crippen molar-refractivity contribution in [3.63, 3.8) is 0 Å². The number of benzene rings is 3. The molecule has 16 nitrogen and oxygen atoms in total. The van der Waals surface area contributed by atoms with E-state index in [1.54, 1.807) is 63.2 Å². The monoisotopic (exact) mass is 1050 g/mol. The molecule has 0 spiro atoms. The Hall–Kier alpha value is -7.62. The molecule has 398 valence electrons. The van der Waals surface area contributed by atoms with Gasteiger partial charge in [-0.2, -0.15) is 26.3 Å². The van der Waals surface area contributed by atoms with Crippen molar-refractivity contribution in [1.82, 2.24) is 44.9 Å². The number of imidazole rings is 2. The fourth-order valence-electron chi connectivity index (χ4n) is 9.82. The summed E-state index contributed by atoms with van der Waals surface area (Å²) in [6.07, 6.45) is -7.42. The van der Waals surface area contributed by atoms with E-state index in [9.17, 15) is 50.6 Å². The fourth-order valence-corrected chi connectivity index (χ4v) is 9.82. The van der Waals surface area contributed by atoms with E-state index in [-0.39, 0.29) is 41.4 Å². The number of halogens is 6. The predicted molar refractivity (Wildman–Crippen MR) is 264 cm³/mol. The average molecular weight is 1050 g/mol. The molecule has 2 aliphatic heterocycles. The lowest BCUT2D eigenvalue weighted by Crippen LogP contribution is -2.53. The maximum absolute atomic E-state index is 14.0. The molecule has 0 aliphatic carbocycles. The van der Waals surface area contributed by atoms with E-state index in [1.165, 1.54) is 14.2 Å². The van der Waals surface area contributed by atoms with E-state index < -0.39 is 47.8 Å². The lowest BCUT2D eigenvalue weighted by atomic mass is 9.92. The van der Waals surface area contributed by atoms with Gasteiger partial charge in [-0.05, 0) is 72.9 Å². The number of nitrogens with one attached hydrogen (secondary N) is 4. The van der Waals surface area contributed by atoms with Crippen LogP contribution in [-0.2, 0) is 24.7 Å². The van der Waals surface area contributed by atoms with Crippen molar-refractivity contribution < 1.29 is 60.1 Å². The number of carbonyl (C=O) groups is 4. The number of aliphatic hydroxyl groups is 1. The van der Waals surface area contributed by atoms with Crippen LogP contribution < -0.4 is 10.6 Å². The molecule has 2 aliphatic rings. The molecule has 5 heterocycles. The van der Waals surface area contributed by atoms with Gasteiger partial charge in [-0.15, -0.1) is 0 Å². The molecule has 4 amide bonds. The summed E-state index contributed by atoms with van der Waals surface area (Å²) in [4.78, 5) is 71.1. The van der Waals surface area contributed by atoms with Crippen LogP contribution >= 0.6 is 0 Å². The summed E-state index contributed by atoms with van der Waals surface area (Å²) in [6.45, 7) is 8.24. The third-order valence-electron chi connectivity index (χ3n) is 13.9. The third kappa shape index (κ3) is 10.6. The van der Waals surface area contributed by atoms with Gasteiger partial charge in [-0.25, -0.2) is 19.6 Å². The summed E-state index contributed by atoms with van der Waals surface area (Å²) in [5.74, 6) is 0.168. The van der Waals surface area contributed by atoms with Crippen molar-refractivity contribution in [2.45, 2.75) is 95.5 Å². The first kappa shape index (κ1) is 53.7. The number of carbonyl (C=O) groups excluding carboxylic acids is 4. The first-order valence-corrected chi connectivity index (χ1v) is 24.4.